The summed E-state index contributed by atoms with van der Waals surface area (Å²) >= 11 is 0. The lowest BCUT2D eigenvalue weighted by molar-refractivity contribution is 0.105. The molecule has 0 saturated heterocycles. The minimum absolute atomic E-state index is 0.647. The van der Waals surface area contributed by atoms with Crippen LogP contribution in [-0.4, -0.2) is 25.8 Å². The van der Waals surface area contributed by atoms with Gasteiger partial charge in [0.2, 0.25) is 0 Å². The van der Waals surface area contributed by atoms with Gasteiger partial charge >= 0.3 is 0 Å². The Morgan fingerprint density at radius 1 is 1.25 bits per heavy atom. The molecule has 1 fully saturated rings. The topological polar surface area (TPSA) is 21.3 Å². The summed E-state index contributed by atoms with van der Waals surface area (Å²) in [6.45, 7) is 11.9. The fraction of sp³-hybridized carbons (Fsp3) is 1.00. The molecule has 3 unspecified atom stereocenters. The number of hydrogen-bond donors (Lipinski definition) is 1. The van der Waals surface area contributed by atoms with Crippen molar-refractivity contribution < 1.29 is 4.74 Å². The molecule has 0 aromatic rings. The van der Waals surface area contributed by atoms with Crippen LogP contribution in [0.15, 0.2) is 0 Å². The first-order chi connectivity index (χ1) is 7.59. The highest BCUT2D eigenvalue weighted by Crippen LogP contribution is 2.28. The van der Waals surface area contributed by atoms with Gasteiger partial charge in [0, 0.05) is 19.2 Å². The Hall–Kier alpha value is -0.0800. The zero-order valence-electron chi connectivity index (χ0n) is 11.5. The molecular weight excluding hydrogens is 198 g/mol. The van der Waals surface area contributed by atoms with E-state index >= 15 is 0 Å². The first kappa shape index (κ1) is 14.0. The predicted octanol–water partition coefficient (Wildman–Crippen LogP) is 3.07. The maximum Gasteiger partial charge on any atom is 0.0591 e. The lowest BCUT2D eigenvalue weighted by Crippen LogP contribution is -2.41. The average Bonchev–Trinajstić information content (AvgIpc) is 2.22. The zero-order chi connectivity index (χ0) is 12.0. The van der Waals surface area contributed by atoms with Crippen LogP contribution in [0, 0.1) is 17.8 Å². The smallest absolute Gasteiger partial charge is 0.0591 e. The predicted molar refractivity (Wildman–Crippen MR) is 69.6 cm³/mol. The molecule has 16 heavy (non-hydrogen) atoms. The molecule has 0 aromatic carbocycles. The van der Waals surface area contributed by atoms with Crippen molar-refractivity contribution in [2.24, 2.45) is 17.8 Å². The van der Waals surface area contributed by atoms with Gasteiger partial charge in [0.25, 0.3) is 0 Å². The Labute approximate surface area is 101 Å². The Morgan fingerprint density at radius 3 is 2.69 bits per heavy atom. The van der Waals surface area contributed by atoms with E-state index in [9.17, 15) is 0 Å². The molecule has 1 aliphatic carbocycles. The quantitative estimate of drug-likeness (QED) is 0.704. The highest BCUT2D eigenvalue weighted by molar-refractivity contribution is 4.81. The summed E-state index contributed by atoms with van der Waals surface area (Å²) in [6, 6.07) is 0.714. The summed E-state index contributed by atoms with van der Waals surface area (Å²) in [7, 11) is 0. The minimum Gasteiger partial charge on any atom is -0.380 e. The maximum absolute atomic E-state index is 5.59. The van der Waals surface area contributed by atoms with Gasteiger partial charge in [-0.3, -0.25) is 0 Å². The number of rotatable bonds is 6. The Morgan fingerprint density at radius 2 is 2.00 bits per heavy atom. The van der Waals surface area contributed by atoms with Gasteiger partial charge in [-0.1, -0.05) is 34.1 Å². The molecule has 0 spiro atoms. The van der Waals surface area contributed by atoms with Crippen LogP contribution in [0.3, 0.4) is 0 Å². The number of nitrogens with one attached hydrogen (secondary N) is 1. The van der Waals surface area contributed by atoms with Crippen molar-refractivity contribution in [3.05, 3.63) is 0 Å². The second-order valence-electron chi connectivity index (χ2n) is 5.92. The van der Waals surface area contributed by atoms with Gasteiger partial charge < -0.3 is 10.1 Å². The van der Waals surface area contributed by atoms with E-state index in [4.69, 9.17) is 4.74 Å². The van der Waals surface area contributed by atoms with E-state index < -0.39 is 0 Å². The van der Waals surface area contributed by atoms with Gasteiger partial charge in [-0.25, -0.2) is 0 Å². The Balaban J connectivity index is 2.07. The second-order valence-corrected chi connectivity index (χ2v) is 5.92. The van der Waals surface area contributed by atoms with Crippen molar-refractivity contribution in [2.45, 2.75) is 53.0 Å². The van der Waals surface area contributed by atoms with Crippen molar-refractivity contribution in [1.82, 2.24) is 5.32 Å². The van der Waals surface area contributed by atoms with Crippen LogP contribution in [0.2, 0.25) is 0 Å². The van der Waals surface area contributed by atoms with Crippen molar-refractivity contribution in [1.29, 1.82) is 0 Å². The van der Waals surface area contributed by atoms with Crippen LogP contribution in [0.5, 0.6) is 0 Å². The van der Waals surface area contributed by atoms with E-state index in [-0.39, 0.29) is 0 Å². The van der Waals surface area contributed by atoms with Gasteiger partial charge in [0.15, 0.2) is 0 Å². The molecule has 1 N–H and O–H groups in total. The maximum atomic E-state index is 5.59. The molecule has 1 rings (SSSR count). The van der Waals surface area contributed by atoms with E-state index in [1.54, 1.807) is 0 Å². The van der Waals surface area contributed by atoms with Crippen molar-refractivity contribution in [2.75, 3.05) is 19.8 Å². The van der Waals surface area contributed by atoms with Gasteiger partial charge in [0.1, 0.15) is 0 Å². The van der Waals surface area contributed by atoms with Crippen molar-refractivity contribution in [3.8, 4) is 0 Å². The number of ether oxygens (including phenoxy) is 1. The molecule has 0 aromatic heterocycles. The summed E-state index contributed by atoms with van der Waals surface area (Å²) in [4.78, 5) is 0. The highest BCUT2D eigenvalue weighted by atomic mass is 16.5. The molecule has 2 heteroatoms. The van der Waals surface area contributed by atoms with E-state index in [0.717, 1.165) is 31.6 Å². The highest BCUT2D eigenvalue weighted by Gasteiger charge is 2.24. The summed E-state index contributed by atoms with van der Waals surface area (Å²) in [5, 5.41) is 3.65. The lowest BCUT2D eigenvalue weighted by Gasteiger charge is -2.33. The molecule has 96 valence electrons. The van der Waals surface area contributed by atoms with Crippen LogP contribution < -0.4 is 5.32 Å². The third-order valence-electron chi connectivity index (χ3n) is 3.56. The second kappa shape index (κ2) is 7.29. The minimum atomic E-state index is 0.647. The molecule has 0 radical (unpaired) electrons. The zero-order valence-corrected chi connectivity index (χ0v) is 11.5. The van der Waals surface area contributed by atoms with E-state index in [0.29, 0.717) is 12.0 Å². The summed E-state index contributed by atoms with van der Waals surface area (Å²) in [5.41, 5.74) is 0. The summed E-state index contributed by atoms with van der Waals surface area (Å²) in [5.74, 6) is 2.38. The average molecular weight is 227 g/mol. The van der Waals surface area contributed by atoms with Gasteiger partial charge in [-0.2, -0.15) is 0 Å². The molecule has 2 nitrogen and oxygen atoms in total. The number of hydrogen-bond acceptors (Lipinski definition) is 2. The first-order valence-corrected chi connectivity index (χ1v) is 6.90. The van der Waals surface area contributed by atoms with Gasteiger partial charge in [-0.05, 0) is 30.6 Å². The molecule has 0 aliphatic heterocycles. The molecule has 0 bridgehead atoms. The SMILES string of the molecule is CC(C)COCCNC1CC(C)CCC1C. The lowest BCUT2D eigenvalue weighted by atomic mass is 9.80. The third kappa shape index (κ3) is 5.31. The molecule has 3 atom stereocenters. The fourth-order valence-corrected chi connectivity index (χ4v) is 2.45. The Bertz CT molecular complexity index is 182. The van der Waals surface area contributed by atoms with Crippen LogP contribution in [0.1, 0.15) is 47.0 Å². The molecule has 1 aliphatic rings. The van der Waals surface area contributed by atoms with Crippen LogP contribution in [0.25, 0.3) is 0 Å². The summed E-state index contributed by atoms with van der Waals surface area (Å²) in [6.07, 6.45) is 4.13. The Kier molecular flexibility index (Phi) is 6.37. The van der Waals surface area contributed by atoms with Crippen LogP contribution in [0.4, 0.5) is 0 Å². The normalized spacial score (nSPS) is 30.9. The van der Waals surface area contributed by atoms with Crippen molar-refractivity contribution in [3.63, 3.8) is 0 Å². The monoisotopic (exact) mass is 227 g/mol. The fourth-order valence-electron chi connectivity index (χ4n) is 2.45. The van der Waals surface area contributed by atoms with Gasteiger partial charge in [-0.15, -0.1) is 0 Å². The standard InChI is InChI=1S/C14H29NO/c1-11(2)10-16-8-7-15-14-9-12(3)5-6-13(14)4/h11-15H,5-10H2,1-4H3. The molecule has 0 amide bonds. The molecule has 0 heterocycles. The van der Waals surface area contributed by atoms with E-state index in [1.165, 1.54) is 19.3 Å². The first-order valence-electron chi connectivity index (χ1n) is 6.90. The van der Waals surface area contributed by atoms with Crippen LogP contribution in [-0.2, 0) is 4.74 Å². The van der Waals surface area contributed by atoms with E-state index in [1.807, 2.05) is 0 Å². The summed E-state index contributed by atoms with van der Waals surface area (Å²) < 4.78 is 5.59. The largest absolute Gasteiger partial charge is 0.380 e. The molecule has 1 saturated carbocycles. The molecular formula is C14H29NO. The van der Waals surface area contributed by atoms with Gasteiger partial charge in [0.05, 0.1) is 6.61 Å². The third-order valence-corrected chi connectivity index (χ3v) is 3.56. The van der Waals surface area contributed by atoms with Crippen molar-refractivity contribution >= 4 is 0 Å². The van der Waals surface area contributed by atoms with Crippen LogP contribution >= 0.6 is 0 Å². The van der Waals surface area contributed by atoms with E-state index in [2.05, 4.69) is 33.0 Å².